The van der Waals surface area contributed by atoms with Gasteiger partial charge >= 0.3 is 31.3 Å². The maximum Gasteiger partial charge on any atom is 0.522 e. The topological polar surface area (TPSA) is 127 Å². The summed E-state index contributed by atoms with van der Waals surface area (Å²) in [5.74, 6) is 0. The zero-order chi connectivity index (χ0) is 19.4. The van der Waals surface area contributed by atoms with Crippen LogP contribution in [0.3, 0.4) is 0 Å². The summed E-state index contributed by atoms with van der Waals surface area (Å²) >= 11 is 0. The SMILES string of the molecule is C1C[C@@H]2OCC[C@@H]2O1.O=S(=O)(O)C(F)(F)F.O=S(=O)(O)C(F)(F)F. The van der Waals surface area contributed by atoms with Gasteiger partial charge in [-0.1, -0.05) is 0 Å². The molecule has 0 unspecified atom stereocenters. The van der Waals surface area contributed by atoms with E-state index in [0.29, 0.717) is 12.2 Å². The van der Waals surface area contributed by atoms with E-state index < -0.39 is 31.3 Å². The van der Waals surface area contributed by atoms with Gasteiger partial charge < -0.3 is 9.47 Å². The lowest BCUT2D eigenvalue weighted by molar-refractivity contribution is -0.0514. The average molecular weight is 414 g/mol. The van der Waals surface area contributed by atoms with Gasteiger partial charge in [-0.15, -0.1) is 0 Å². The van der Waals surface area contributed by atoms with Gasteiger partial charge in [0.25, 0.3) is 0 Å². The maximum absolute atomic E-state index is 10.7. The van der Waals surface area contributed by atoms with Crippen molar-refractivity contribution in [2.75, 3.05) is 13.2 Å². The van der Waals surface area contributed by atoms with Crippen LogP contribution in [0.2, 0.25) is 0 Å². The van der Waals surface area contributed by atoms with Gasteiger partial charge in [-0.2, -0.15) is 43.2 Å². The maximum atomic E-state index is 10.7. The van der Waals surface area contributed by atoms with Gasteiger partial charge in [0.2, 0.25) is 0 Å². The van der Waals surface area contributed by atoms with Gasteiger partial charge in [-0.3, -0.25) is 9.11 Å². The first-order valence-corrected chi connectivity index (χ1v) is 8.65. The fraction of sp³-hybridized carbons (Fsp3) is 1.00. The molecule has 16 heteroatoms. The van der Waals surface area contributed by atoms with E-state index in [4.69, 9.17) is 35.4 Å². The van der Waals surface area contributed by atoms with Crippen LogP contribution in [0.1, 0.15) is 12.8 Å². The molecule has 0 bridgehead atoms. The number of fused-ring (bicyclic) bond motifs is 1. The predicted molar refractivity (Wildman–Crippen MR) is 63.9 cm³/mol. The highest BCUT2D eigenvalue weighted by atomic mass is 32.2. The zero-order valence-corrected chi connectivity index (χ0v) is 13.0. The summed E-state index contributed by atoms with van der Waals surface area (Å²) in [7, 11) is -11.7. The van der Waals surface area contributed by atoms with Gasteiger partial charge in [0.1, 0.15) is 0 Å². The fourth-order valence-electron chi connectivity index (χ4n) is 1.42. The number of hydrogen-bond donors (Lipinski definition) is 2. The lowest BCUT2D eigenvalue weighted by Gasteiger charge is -2.03. The molecule has 0 amide bonds. The monoisotopic (exact) mass is 414 g/mol. The largest absolute Gasteiger partial charge is 0.522 e. The van der Waals surface area contributed by atoms with Gasteiger partial charge in [-0.25, -0.2) is 0 Å². The van der Waals surface area contributed by atoms with Gasteiger partial charge in [0.15, 0.2) is 0 Å². The molecule has 2 heterocycles. The minimum Gasteiger partial charge on any atom is -0.375 e. The molecule has 2 aliphatic rings. The summed E-state index contributed by atoms with van der Waals surface area (Å²) in [6.45, 7) is 1.82. The Labute approximate surface area is 132 Å². The molecule has 2 saturated heterocycles. The molecule has 0 radical (unpaired) electrons. The summed E-state index contributed by atoms with van der Waals surface area (Å²) < 4.78 is 126. The Morgan fingerprint density at radius 2 is 0.917 bits per heavy atom. The van der Waals surface area contributed by atoms with Crippen molar-refractivity contribution in [3.05, 3.63) is 0 Å². The summed E-state index contributed by atoms with van der Waals surface area (Å²) in [6.07, 6.45) is 3.14. The van der Waals surface area contributed by atoms with Crippen LogP contribution in [0.25, 0.3) is 0 Å². The summed E-state index contributed by atoms with van der Waals surface area (Å²) in [6, 6.07) is 0. The Kier molecular flexibility index (Phi) is 7.90. The Hall–Kier alpha value is -0.680. The Morgan fingerprint density at radius 3 is 1.08 bits per heavy atom. The minimum absolute atomic E-state index is 0.454. The molecule has 2 rings (SSSR count). The molecular weight excluding hydrogens is 402 g/mol. The highest BCUT2D eigenvalue weighted by Crippen LogP contribution is 2.25. The first-order chi connectivity index (χ1) is 10.5. The van der Waals surface area contributed by atoms with Crippen molar-refractivity contribution >= 4 is 20.2 Å². The molecule has 0 aromatic heterocycles. The van der Waals surface area contributed by atoms with E-state index >= 15 is 0 Å². The van der Waals surface area contributed by atoms with Gasteiger partial charge in [0.05, 0.1) is 12.2 Å². The molecule has 2 N–H and O–H groups in total. The number of alkyl halides is 6. The lowest BCUT2D eigenvalue weighted by Crippen LogP contribution is -2.21. The van der Waals surface area contributed by atoms with E-state index in [0.717, 1.165) is 26.1 Å². The fourth-order valence-corrected chi connectivity index (χ4v) is 1.42. The van der Waals surface area contributed by atoms with E-state index in [1.54, 1.807) is 0 Å². The number of rotatable bonds is 0. The van der Waals surface area contributed by atoms with Gasteiger partial charge in [0, 0.05) is 13.2 Å². The summed E-state index contributed by atoms with van der Waals surface area (Å²) in [5.41, 5.74) is -11.1. The van der Waals surface area contributed by atoms with Crippen molar-refractivity contribution in [3.63, 3.8) is 0 Å². The van der Waals surface area contributed by atoms with E-state index in [1.165, 1.54) is 0 Å². The third-order valence-electron chi connectivity index (χ3n) is 2.47. The molecule has 0 aliphatic carbocycles. The molecule has 0 saturated carbocycles. The highest BCUT2D eigenvalue weighted by molar-refractivity contribution is 7.86. The second kappa shape index (κ2) is 8.13. The van der Waals surface area contributed by atoms with E-state index in [1.807, 2.05) is 0 Å². The molecule has 2 aliphatic heterocycles. The van der Waals surface area contributed by atoms with E-state index in [2.05, 4.69) is 0 Å². The van der Waals surface area contributed by atoms with Crippen molar-refractivity contribution in [3.8, 4) is 0 Å². The van der Waals surface area contributed by atoms with E-state index in [9.17, 15) is 26.3 Å². The molecule has 146 valence electrons. The third-order valence-corrected chi connectivity index (χ3v) is 3.64. The van der Waals surface area contributed by atoms with Crippen molar-refractivity contribution < 1.29 is 61.8 Å². The average Bonchev–Trinajstić information content (AvgIpc) is 2.85. The molecule has 0 aromatic carbocycles. The van der Waals surface area contributed by atoms with Crippen LogP contribution in [0.5, 0.6) is 0 Å². The standard InChI is InChI=1S/C6H10O2.2CHF3O3S/c1-3-7-6-2-4-8-5(1)6;2*2-1(3,4)8(5,6)7/h5-6H,1-4H2;2*(H,5,6,7)/t5-,6-;;/m0../s1. The van der Waals surface area contributed by atoms with Crippen molar-refractivity contribution in [2.24, 2.45) is 0 Å². The van der Waals surface area contributed by atoms with Crippen molar-refractivity contribution in [2.45, 2.75) is 36.1 Å². The van der Waals surface area contributed by atoms with Crippen molar-refractivity contribution in [1.29, 1.82) is 0 Å². The summed E-state index contributed by atoms with van der Waals surface area (Å²) in [5, 5.41) is 0. The van der Waals surface area contributed by atoms with Crippen LogP contribution in [-0.2, 0) is 29.7 Å². The van der Waals surface area contributed by atoms with Crippen LogP contribution < -0.4 is 0 Å². The lowest BCUT2D eigenvalue weighted by atomic mass is 10.2. The van der Waals surface area contributed by atoms with Crippen LogP contribution in [0.15, 0.2) is 0 Å². The molecule has 0 aromatic rings. The first kappa shape index (κ1) is 23.3. The molecular formula is C8H12F6O8S2. The smallest absolute Gasteiger partial charge is 0.375 e. The van der Waals surface area contributed by atoms with Crippen LogP contribution >= 0.6 is 0 Å². The van der Waals surface area contributed by atoms with Crippen LogP contribution in [0.4, 0.5) is 26.3 Å². The third kappa shape index (κ3) is 7.93. The predicted octanol–water partition coefficient (Wildman–Crippen LogP) is 1.35. The quantitative estimate of drug-likeness (QED) is 0.346. The second-order valence-electron chi connectivity index (χ2n) is 4.24. The summed E-state index contributed by atoms with van der Waals surface area (Å²) in [4.78, 5) is 0. The number of ether oxygens (including phenoxy) is 2. The van der Waals surface area contributed by atoms with E-state index in [-0.39, 0.29) is 0 Å². The molecule has 2 atom stereocenters. The molecule has 2 fully saturated rings. The number of hydrogen-bond acceptors (Lipinski definition) is 6. The molecule has 24 heavy (non-hydrogen) atoms. The molecule has 8 nitrogen and oxygen atoms in total. The highest BCUT2D eigenvalue weighted by Gasteiger charge is 2.45. The Balaban J connectivity index is 0.000000331. The number of halogens is 6. The first-order valence-electron chi connectivity index (χ1n) is 5.77. The Morgan fingerprint density at radius 1 is 0.708 bits per heavy atom. The normalized spacial score (nSPS) is 24.3. The van der Waals surface area contributed by atoms with Crippen molar-refractivity contribution in [1.82, 2.24) is 0 Å². The molecule has 0 spiro atoms. The Bertz CT molecular complexity index is 533. The second-order valence-corrected chi connectivity index (χ2v) is 7.06. The van der Waals surface area contributed by atoms with Crippen LogP contribution in [0, 0.1) is 0 Å². The minimum atomic E-state index is -5.84. The van der Waals surface area contributed by atoms with Gasteiger partial charge in [-0.05, 0) is 12.8 Å². The van der Waals surface area contributed by atoms with Crippen LogP contribution in [-0.4, -0.2) is 62.4 Å². The zero-order valence-electron chi connectivity index (χ0n) is 11.4.